The molecule has 0 aromatic heterocycles. The number of halogens is 4. The summed E-state index contributed by atoms with van der Waals surface area (Å²) < 4.78 is 61.9. The highest BCUT2D eigenvalue weighted by atomic mass is 127. The van der Waals surface area contributed by atoms with Crippen LogP contribution >= 0.6 is 0 Å². The zero-order chi connectivity index (χ0) is 28.8. The second kappa shape index (κ2) is 15.6. The van der Waals surface area contributed by atoms with Gasteiger partial charge >= 0.3 is 26.7 Å². The average Bonchev–Trinajstić information content (AvgIpc) is 2.96. The molecule has 0 radical (unpaired) electrons. The van der Waals surface area contributed by atoms with E-state index < -0.39 is 15.6 Å². The first kappa shape index (κ1) is 31.4. The fraction of sp³-hybridized carbons (Fsp3) is 0.0323. The molecule has 0 fully saturated rings. The second-order valence-electron chi connectivity index (χ2n) is 7.83. The fourth-order valence-corrected chi connectivity index (χ4v) is 7.53. The van der Waals surface area contributed by atoms with Crippen LogP contribution in [0.1, 0.15) is 0 Å². The summed E-state index contributed by atoms with van der Waals surface area (Å²) >= 11 is 0.0287. The van der Waals surface area contributed by atoms with E-state index in [9.17, 15) is 13.2 Å². The first-order chi connectivity index (χ1) is 19.1. The molecule has 0 aliphatic rings. The lowest BCUT2D eigenvalue weighted by Crippen LogP contribution is -3.61. The molecule has 9 heteroatoms. The maximum Gasteiger partial charge on any atom is 0.485 e. The van der Waals surface area contributed by atoms with E-state index in [1.165, 1.54) is 21.8 Å². The predicted octanol–water partition coefficient (Wildman–Crippen LogP) is 4.65. The van der Waals surface area contributed by atoms with Crippen molar-refractivity contribution in [2.75, 3.05) is 0 Å². The third-order valence-corrected chi connectivity index (χ3v) is 10.4. The molecule has 0 saturated heterocycles. The largest absolute Gasteiger partial charge is 0.741 e. The molecule has 0 aliphatic carbocycles. The molecule has 0 spiro atoms. The Bertz CT molecular complexity index is 1370. The maximum atomic E-state index is 10.7. The van der Waals surface area contributed by atoms with E-state index in [0.717, 1.165) is 0 Å². The van der Waals surface area contributed by atoms with E-state index in [1.807, 2.05) is 0 Å². The van der Waals surface area contributed by atoms with Crippen LogP contribution in [0, 0.1) is 7.14 Å². The molecule has 0 aliphatic heterocycles. The number of hydrogen-bond acceptors (Lipinski definition) is 3. The van der Waals surface area contributed by atoms with E-state index >= 15 is 0 Å². The van der Waals surface area contributed by atoms with E-state index in [2.05, 4.69) is 152 Å². The van der Waals surface area contributed by atoms with Crippen LogP contribution in [0.25, 0.3) is 0 Å². The standard InChI is InChI=1S/C18H15S.C12H10I.CHF3O3S/c1-4-10-16(11-5-1)19(17-12-6-2-7-13-17)18-14-8-3-9-15-18;1-3-7-11(8-4-1)13-12-9-5-2-6-10-12;2-1(3,4)8(5,6)7/h1-15H;1-10H;(H,5,6,7)/q2*+1;/p-1. The Morgan fingerprint density at radius 1 is 0.500 bits per heavy atom. The van der Waals surface area contributed by atoms with Crippen molar-refractivity contribution in [1.82, 2.24) is 0 Å². The minimum absolute atomic E-state index is 0.0146. The second-order valence-corrected chi connectivity index (χ2v) is 14.3. The van der Waals surface area contributed by atoms with Crippen LogP contribution in [0.3, 0.4) is 0 Å². The van der Waals surface area contributed by atoms with Gasteiger partial charge in [0.1, 0.15) is 0 Å². The topological polar surface area (TPSA) is 57.2 Å². The van der Waals surface area contributed by atoms with E-state index in [4.69, 9.17) is 13.0 Å². The van der Waals surface area contributed by atoms with Gasteiger partial charge in [-0.2, -0.15) is 13.2 Å². The van der Waals surface area contributed by atoms with Gasteiger partial charge in [0.2, 0.25) is 0 Å². The van der Waals surface area contributed by atoms with Crippen molar-refractivity contribution < 1.29 is 47.3 Å². The first-order valence-electron chi connectivity index (χ1n) is 11.8. The highest BCUT2D eigenvalue weighted by Crippen LogP contribution is 2.30. The molecule has 5 aromatic rings. The minimum atomic E-state index is -6.09. The van der Waals surface area contributed by atoms with E-state index in [0.29, 0.717) is 0 Å². The Labute approximate surface area is 246 Å². The Hall–Kier alpha value is -3.12. The molecule has 0 bridgehead atoms. The summed E-state index contributed by atoms with van der Waals surface area (Å²) in [7, 11) is -6.10. The van der Waals surface area contributed by atoms with Crippen molar-refractivity contribution in [1.29, 1.82) is 0 Å². The van der Waals surface area contributed by atoms with Gasteiger partial charge in [-0.1, -0.05) is 91.0 Å². The summed E-state index contributed by atoms with van der Waals surface area (Å²) in [4.78, 5) is 4.08. The van der Waals surface area contributed by atoms with Crippen molar-refractivity contribution in [3.05, 3.63) is 159 Å². The molecule has 0 heterocycles. The third kappa shape index (κ3) is 10.5. The molecule has 40 heavy (non-hydrogen) atoms. The van der Waals surface area contributed by atoms with E-state index in [-0.39, 0.29) is 32.1 Å². The smallest absolute Gasteiger partial charge is 0.485 e. The molecule has 5 rings (SSSR count). The molecule has 0 atom stereocenters. The molecule has 3 nitrogen and oxygen atoms in total. The zero-order valence-electron chi connectivity index (χ0n) is 21.0. The van der Waals surface area contributed by atoms with Gasteiger partial charge in [-0.3, -0.25) is 0 Å². The zero-order valence-corrected chi connectivity index (χ0v) is 24.8. The molecule has 0 N–H and O–H groups in total. The van der Waals surface area contributed by atoms with Crippen LogP contribution in [0.4, 0.5) is 13.2 Å². The molecular weight excluding hydrogens is 668 g/mol. The highest BCUT2D eigenvalue weighted by molar-refractivity contribution is 7.97. The number of benzene rings is 5. The number of rotatable bonds is 5. The van der Waals surface area contributed by atoms with Crippen molar-refractivity contribution in [3.8, 4) is 0 Å². The predicted molar refractivity (Wildman–Crippen MR) is 148 cm³/mol. The van der Waals surface area contributed by atoms with Crippen molar-refractivity contribution in [2.24, 2.45) is 0 Å². The van der Waals surface area contributed by atoms with Crippen molar-refractivity contribution >= 4 is 21.0 Å². The molecular formula is C31H25F3IO3S2+. The fourth-order valence-electron chi connectivity index (χ4n) is 3.16. The number of alkyl halides is 3. The van der Waals surface area contributed by atoms with Crippen LogP contribution in [0.2, 0.25) is 0 Å². The monoisotopic (exact) mass is 693 g/mol. The van der Waals surface area contributed by atoms with Gasteiger partial charge in [-0.15, -0.1) is 0 Å². The average molecular weight is 694 g/mol. The lowest BCUT2D eigenvalue weighted by Gasteiger charge is -2.08. The summed E-state index contributed by atoms with van der Waals surface area (Å²) in [5.41, 5.74) is -5.65. The Morgan fingerprint density at radius 3 is 0.950 bits per heavy atom. The normalized spacial score (nSPS) is 11.0. The third-order valence-electron chi connectivity index (χ3n) is 4.90. The minimum Gasteiger partial charge on any atom is -0.741 e. The Morgan fingerprint density at radius 2 is 0.725 bits per heavy atom. The highest BCUT2D eigenvalue weighted by Gasteiger charge is 2.37. The van der Waals surface area contributed by atoms with Gasteiger partial charge in [-0.25, -0.2) is 8.42 Å². The first-order valence-corrected chi connectivity index (χ1v) is 16.6. The Kier molecular flexibility index (Phi) is 12.3. The summed E-state index contributed by atoms with van der Waals surface area (Å²) in [6.07, 6.45) is 0. The summed E-state index contributed by atoms with van der Waals surface area (Å²) in [6.45, 7) is 0. The summed E-state index contributed by atoms with van der Waals surface area (Å²) in [5, 5.41) is 0. The van der Waals surface area contributed by atoms with Gasteiger partial charge in [0.25, 0.3) is 0 Å². The lowest BCUT2D eigenvalue weighted by atomic mass is 10.4. The van der Waals surface area contributed by atoms with Gasteiger partial charge in [0.05, 0.1) is 10.9 Å². The molecule has 5 aromatic carbocycles. The maximum absolute atomic E-state index is 10.7. The molecule has 0 saturated carbocycles. The quantitative estimate of drug-likeness (QED) is 0.117. The van der Waals surface area contributed by atoms with Crippen LogP contribution in [0.5, 0.6) is 0 Å². The van der Waals surface area contributed by atoms with Crippen LogP contribution in [0.15, 0.2) is 166 Å². The lowest BCUT2D eigenvalue weighted by molar-refractivity contribution is -0.597. The SMILES string of the molecule is O=S(=O)([O-])C(F)(F)F.c1ccc([I+]c2ccccc2)cc1.c1ccc([S+](c2ccccc2)c2ccccc2)cc1. The molecule has 0 unspecified atom stereocenters. The summed E-state index contributed by atoms with van der Waals surface area (Å²) in [5.74, 6) is 0. The van der Waals surface area contributed by atoms with E-state index in [1.54, 1.807) is 0 Å². The van der Waals surface area contributed by atoms with Gasteiger partial charge < -0.3 is 4.55 Å². The summed E-state index contributed by atoms with van der Waals surface area (Å²) in [6, 6.07) is 53.6. The molecule has 206 valence electrons. The van der Waals surface area contributed by atoms with Crippen LogP contribution < -0.4 is 21.2 Å². The van der Waals surface area contributed by atoms with Crippen molar-refractivity contribution in [3.63, 3.8) is 0 Å². The Balaban J connectivity index is 0.000000182. The van der Waals surface area contributed by atoms with Gasteiger partial charge in [0.15, 0.2) is 31.9 Å². The van der Waals surface area contributed by atoms with Crippen LogP contribution in [-0.4, -0.2) is 18.5 Å². The van der Waals surface area contributed by atoms with Gasteiger partial charge in [0, 0.05) is 0 Å². The molecule has 0 amide bonds. The number of hydrogen-bond donors (Lipinski definition) is 0. The van der Waals surface area contributed by atoms with Crippen LogP contribution in [-0.2, 0) is 21.0 Å². The van der Waals surface area contributed by atoms with Gasteiger partial charge in [-0.05, 0) is 60.7 Å². The van der Waals surface area contributed by atoms with Crippen molar-refractivity contribution in [2.45, 2.75) is 20.2 Å².